The fraction of sp³-hybridized carbons (Fsp3) is 1.00. The smallest absolute Gasteiger partial charge is 0.0468 e. The number of unbranched alkanes of at least 4 members (excludes halogenated alkanes) is 2. The van der Waals surface area contributed by atoms with Crippen LogP contribution >= 0.6 is 0 Å². The van der Waals surface area contributed by atoms with Gasteiger partial charge in [-0.15, -0.1) is 0 Å². The van der Waals surface area contributed by atoms with E-state index >= 15 is 0 Å². The van der Waals surface area contributed by atoms with Crippen molar-refractivity contribution in [3.63, 3.8) is 0 Å². The van der Waals surface area contributed by atoms with Crippen LogP contribution in [0.1, 0.15) is 91.9 Å². The maximum absolute atomic E-state index is 5.81. The van der Waals surface area contributed by atoms with Crippen LogP contribution in [0.4, 0.5) is 0 Å². The van der Waals surface area contributed by atoms with E-state index < -0.39 is 0 Å². The van der Waals surface area contributed by atoms with Crippen LogP contribution in [0.3, 0.4) is 0 Å². The van der Waals surface area contributed by atoms with Gasteiger partial charge in [-0.3, -0.25) is 0 Å². The van der Waals surface area contributed by atoms with Gasteiger partial charge in [0.05, 0.1) is 0 Å². The highest BCUT2D eigenvalue weighted by molar-refractivity contribution is 4.55. The molecule has 0 heterocycles. The van der Waals surface area contributed by atoms with E-state index in [1.54, 1.807) is 0 Å². The van der Waals surface area contributed by atoms with Crippen molar-refractivity contribution in [3.05, 3.63) is 0 Å². The summed E-state index contributed by atoms with van der Waals surface area (Å²) in [6, 6.07) is 0. The van der Waals surface area contributed by atoms with Gasteiger partial charge in [-0.05, 0) is 50.4 Å². The Labute approximate surface area is 158 Å². The second-order valence-electron chi connectivity index (χ2n) is 7.62. The molecule has 0 rings (SSSR count). The Morgan fingerprint density at radius 3 is 1.32 bits per heavy atom. The Morgan fingerprint density at radius 2 is 0.880 bits per heavy atom. The lowest BCUT2D eigenvalue weighted by Crippen LogP contribution is -2.05. The first-order valence-corrected chi connectivity index (χ1v) is 10.9. The van der Waals surface area contributed by atoms with Gasteiger partial charge in [0.2, 0.25) is 0 Å². The van der Waals surface area contributed by atoms with E-state index in [4.69, 9.17) is 14.2 Å². The lowest BCUT2D eigenvalue weighted by Gasteiger charge is -2.13. The van der Waals surface area contributed by atoms with Crippen LogP contribution in [0.2, 0.25) is 0 Å². The van der Waals surface area contributed by atoms with Gasteiger partial charge in [0.25, 0.3) is 0 Å². The molecule has 0 aromatic carbocycles. The lowest BCUT2D eigenvalue weighted by atomic mass is 10.0. The van der Waals surface area contributed by atoms with Crippen LogP contribution in [0, 0.1) is 11.8 Å². The van der Waals surface area contributed by atoms with Gasteiger partial charge in [-0.1, -0.05) is 53.4 Å². The molecule has 0 aliphatic heterocycles. The summed E-state index contributed by atoms with van der Waals surface area (Å²) in [6.45, 7) is 14.5. The summed E-state index contributed by atoms with van der Waals surface area (Å²) in [7, 11) is 0. The molecule has 2 atom stereocenters. The SMILES string of the molecule is CCCOCCCCC(C)CCOCCCC[C@@H](C)CCOCCC. The van der Waals surface area contributed by atoms with Crippen LogP contribution in [-0.4, -0.2) is 39.6 Å². The highest BCUT2D eigenvalue weighted by atomic mass is 16.5. The summed E-state index contributed by atoms with van der Waals surface area (Å²) in [5.74, 6) is 1.55. The normalized spacial score (nSPS) is 13.9. The zero-order valence-corrected chi connectivity index (χ0v) is 17.7. The summed E-state index contributed by atoms with van der Waals surface area (Å²) in [6.07, 6.45) is 12.2. The summed E-state index contributed by atoms with van der Waals surface area (Å²) < 4.78 is 16.9. The zero-order valence-electron chi connectivity index (χ0n) is 17.7. The molecule has 0 N–H and O–H groups in total. The molecular weight excluding hydrogens is 312 g/mol. The van der Waals surface area contributed by atoms with Gasteiger partial charge in [-0.2, -0.15) is 0 Å². The largest absolute Gasteiger partial charge is 0.381 e. The van der Waals surface area contributed by atoms with Gasteiger partial charge in [-0.25, -0.2) is 0 Å². The molecule has 0 saturated carbocycles. The van der Waals surface area contributed by atoms with Crippen molar-refractivity contribution in [2.75, 3.05) is 39.6 Å². The van der Waals surface area contributed by atoms with Gasteiger partial charge >= 0.3 is 0 Å². The topological polar surface area (TPSA) is 27.7 Å². The first-order valence-electron chi connectivity index (χ1n) is 10.9. The Kier molecular flexibility index (Phi) is 20.1. The second kappa shape index (κ2) is 20.2. The van der Waals surface area contributed by atoms with Crippen LogP contribution < -0.4 is 0 Å². The van der Waals surface area contributed by atoms with E-state index in [9.17, 15) is 0 Å². The molecule has 25 heavy (non-hydrogen) atoms. The Bertz CT molecular complexity index is 245. The molecule has 152 valence electrons. The summed E-state index contributed by atoms with van der Waals surface area (Å²) in [5, 5.41) is 0. The number of ether oxygens (including phenoxy) is 3. The Balaban J connectivity index is 3.23. The van der Waals surface area contributed by atoms with Crippen LogP contribution in [0.15, 0.2) is 0 Å². The average Bonchev–Trinajstić information content (AvgIpc) is 2.61. The molecule has 0 fully saturated rings. The average molecular weight is 359 g/mol. The monoisotopic (exact) mass is 358 g/mol. The first-order chi connectivity index (χ1) is 12.2. The molecule has 0 aromatic heterocycles. The van der Waals surface area contributed by atoms with Crippen molar-refractivity contribution in [2.45, 2.75) is 91.9 Å². The predicted molar refractivity (Wildman–Crippen MR) is 108 cm³/mol. The molecule has 0 saturated heterocycles. The van der Waals surface area contributed by atoms with Crippen molar-refractivity contribution in [1.29, 1.82) is 0 Å². The molecule has 0 aliphatic carbocycles. The third kappa shape index (κ3) is 20.0. The second-order valence-corrected chi connectivity index (χ2v) is 7.62. The third-order valence-electron chi connectivity index (χ3n) is 4.68. The van der Waals surface area contributed by atoms with Gasteiger partial charge < -0.3 is 14.2 Å². The quantitative estimate of drug-likeness (QED) is 0.241. The maximum Gasteiger partial charge on any atom is 0.0468 e. The maximum atomic E-state index is 5.81. The van der Waals surface area contributed by atoms with Crippen molar-refractivity contribution in [1.82, 2.24) is 0 Å². The molecule has 3 nitrogen and oxygen atoms in total. The number of hydrogen-bond acceptors (Lipinski definition) is 3. The lowest BCUT2D eigenvalue weighted by molar-refractivity contribution is 0.110. The highest BCUT2D eigenvalue weighted by Crippen LogP contribution is 2.14. The summed E-state index contributed by atoms with van der Waals surface area (Å²) >= 11 is 0. The van der Waals surface area contributed by atoms with Crippen molar-refractivity contribution in [3.8, 4) is 0 Å². The van der Waals surface area contributed by atoms with E-state index in [0.29, 0.717) is 0 Å². The molecular formula is C22H46O3. The summed E-state index contributed by atoms with van der Waals surface area (Å²) in [5.41, 5.74) is 0. The summed E-state index contributed by atoms with van der Waals surface area (Å²) in [4.78, 5) is 0. The van der Waals surface area contributed by atoms with E-state index in [-0.39, 0.29) is 0 Å². The van der Waals surface area contributed by atoms with E-state index in [0.717, 1.165) is 64.3 Å². The molecule has 3 heteroatoms. The molecule has 0 bridgehead atoms. The Hall–Kier alpha value is -0.120. The van der Waals surface area contributed by atoms with Gasteiger partial charge in [0, 0.05) is 39.6 Å². The zero-order chi connectivity index (χ0) is 18.6. The molecule has 0 aliphatic rings. The standard InChI is InChI=1S/C22H46O3/c1-5-15-23-17-9-7-11-22(4)14-20-25-18-10-8-12-21(3)13-19-24-16-6-2/h21-22H,5-20H2,1-4H3/t21-,22?/m1/s1. The van der Waals surface area contributed by atoms with Crippen LogP contribution in [0.5, 0.6) is 0 Å². The van der Waals surface area contributed by atoms with Gasteiger partial charge in [0.15, 0.2) is 0 Å². The molecule has 0 radical (unpaired) electrons. The molecule has 0 amide bonds. The molecule has 1 unspecified atom stereocenters. The minimum Gasteiger partial charge on any atom is -0.381 e. The Morgan fingerprint density at radius 1 is 0.480 bits per heavy atom. The first kappa shape index (κ1) is 24.9. The molecule has 0 aromatic rings. The highest BCUT2D eigenvalue weighted by Gasteiger charge is 2.04. The minimum absolute atomic E-state index is 0.773. The van der Waals surface area contributed by atoms with Crippen molar-refractivity contribution >= 4 is 0 Å². The predicted octanol–water partition coefficient (Wildman–Crippen LogP) is 6.25. The van der Waals surface area contributed by atoms with Crippen molar-refractivity contribution in [2.24, 2.45) is 11.8 Å². The number of rotatable bonds is 20. The fourth-order valence-corrected chi connectivity index (χ4v) is 2.85. The van der Waals surface area contributed by atoms with E-state index in [1.165, 1.54) is 51.4 Å². The van der Waals surface area contributed by atoms with Crippen LogP contribution in [-0.2, 0) is 14.2 Å². The fourth-order valence-electron chi connectivity index (χ4n) is 2.85. The van der Waals surface area contributed by atoms with Crippen molar-refractivity contribution < 1.29 is 14.2 Å². The van der Waals surface area contributed by atoms with E-state index in [2.05, 4.69) is 27.7 Å². The third-order valence-corrected chi connectivity index (χ3v) is 4.68. The van der Waals surface area contributed by atoms with Gasteiger partial charge in [0.1, 0.15) is 0 Å². The van der Waals surface area contributed by atoms with Crippen LogP contribution in [0.25, 0.3) is 0 Å². The molecule has 0 spiro atoms. The van der Waals surface area contributed by atoms with E-state index in [1.807, 2.05) is 0 Å². The number of hydrogen-bond donors (Lipinski definition) is 0. The minimum atomic E-state index is 0.773.